The van der Waals surface area contributed by atoms with Gasteiger partial charge in [0.1, 0.15) is 0 Å². The van der Waals surface area contributed by atoms with Crippen LogP contribution in [0.5, 0.6) is 0 Å². The SMILES string of the molecule is CCCCc1cc(C)ccc1C(=O)[NH][Ti+2][NH]C(=O)c1ccc(C)cc1CCCC.[Br-].[Br-]. The summed E-state index contributed by atoms with van der Waals surface area (Å²) >= 11 is -1.12. The predicted molar refractivity (Wildman–Crippen MR) is 115 cm³/mol. The van der Waals surface area contributed by atoms with Crippen LogP contribution in [0.15, 0.2) is 36.4 Å². The smallest absolute Gasteiger partial charge is 1.00 e. The number of carbonyl (C=O) groups excluding carboxylic acids is 2. The first-order valence-electron chi connectivity index (χ1n) is 10.5. The average Bonchev–Trinajstić information content (AvgIpc) is 2.70. The molecule has 0 saturated carbocycles. The molecule has 0 saturated heterocycles. The summed E-state index contributed by atoms with van der Waals surface area (Å²) in [7, 11) is 0. The molecule has 0 aromatic heterocycles. The number of carbonyl (C=O) groups is 2. The monoisotopic (exact) mass is 586 g/mol. The molecule has 0 aliphatic rings. The van der Waals surface area contributed by atoms with E-state index in [0.29, 0.717) is 0 Å². The minimum Gasteiger partial charge on any atom is -1.00 e. The number of unbranched alkanes of at least 4 members (excludes halogenated alkanes) is 2. The zero-order chi connectivity index (χ0) is 21.2. The van der Waals surface area contributed by atoms with E-state index in [-0.39, 0.29) is 45.8 Å². The second-order valence-electron chi connectivity index (χ2n) is 7.56. The van der Waals surface area contributed by atoms with E-state index >= 15 is 0 Å². The van der Waals surface area contributed by atoms with E-state index in [4.69, 9.17) is 0 Å². The quantitative estimate of drug-likeness (QED) is 0.353. The van der Waals surface area contributed by atoms with Gasteiger partial charge in [0.2, 0.25) is 0 Å². The first kappa shape index (κ1) is 30.1. The molecule has 0 bridgehead atoms. The Morgan fingerprint density at radius 3 is 1.48 bits per heavy atom. The van der Waals surface area contributed by atoms with Crippen LogP contribution in [0.1, 0.15) is 82.5 Å². The molecule has 0 atom stereocenters. The Morgan fingerprint density at radius 2 is 1.13 bits per heavy atom. The molecule has 7 heteroatoms. The Kier molecular flexibility index (Phi) is 15.3. The Bertz CT molecular complexity index is 790. The molecular weight excluding hydrogens is 556 g/mol. The first-order chi connectivity index (χ1) is 14.0. The number of benzene rings is 2. The van der Waals surface area contributed by atoms with Crippen molar-refractivity contribution in [3.8, 4) is 0 Å². The standard InChI is InChI=1S/2C12H17NO.2BrH.Ti/c2*1-3-4-5-10-8-9(2)6-7-11(10)12(13)14;;;/h2*6-8H,3-5H2,1-2H3,(H2,13,14);2*1H;/q;;;;+4/p-4. The number of hydrogen-bond donors (Lipinski definition) is 2. The van der Waals surface area contributed by atoms with Crippen LogP contribution < -0.4 is 41.6 Å². The molecule has 0 aliphatic carbocycles. The maximum atomic E-state index is 12.7. The van der Waals surface area contributed by atoms with Crippen molar-refractivity contribution in [3.05, 3.63) is 69.8 Å². The van der Waals surface area contributed by atoms with E-state index in [2.05, 4.69) is 33.6 Å². The number of nitrogens with one attached hydrogen (secondary N) is 2. The van der Waals surface area contributed by atoms with Gasteiger partial charge >= 0.3 is 185 Å². The van der Waals surface area contributed by atoms with Crippen LogP contribution >= 0.6 is 0 Å². The molecule has 2 aromatic carbocycles. The van der Waals surface area contributed by atoms with Gasteiger partial charge in [-0.1, -0.05) is 0 Å². The summed E-state index contributed by atoms with van der Waals surface area (Å²) in [6.45, 7) is 8.39. The maximum Gasteiger partial charge on any atom is -1.00 e. The van der Waals surface area contributed by atoms with Gasteiger partial charge < -0.3 is 34.0 Å². The molecule has 0 heterocycles. The van der Waals surface area contributed by atoms with Gasteiger partial charge in [-0.15, -0.1) is 0 Å². The first-order valence-corrected chi connectivity index (χ1v) is 12.1. The summed E-state index contributed by atoms with van der Waals surface area (Å²) in [6, 6.07) is 11.9. The Morgan fingerprint density at radius 1 is 0.742 bits per heavy atom. The molecule has 2 amide bonds. The molecular formula is C24H32Br2N2O2Ti. The number of rotatable bonds is 10. The minimum atomic E-state index is -1.12. The van der Waals surface area contributed by atoms with E-state index in [1.165, 1.54) is 0 Å². The fraction of sp³-hybridized carbons (Fsp3) is 0.417. The molecule has 0 spiro atoms. The predicted octanol–water partition coefficient (Wildman–Crippen LogP) is -0.931. The number of halogens is 2. The summed E-state index contributed by atoms with van der Waals surface area (Å²) in [5, 5.41) is 0. The van der Waals surface area contributed by atoms with Crippen LogP contribution in [-0.2, 0) is 32.5 Å². The van der Waals surface area contributed by atoms with Crippen molar-refractivity contribution in [2.45, 2.75) is 66.2 Å². The number of hydrogen-bond acceptors (Lipinski definition) is 2. The van der Waals surface area contributed by atoms with Crippen molar-refractivity contribution >= 4 is 11.8 Å². The minimum absolute atomic E-state index is 0. The topological polar surface area (TPSA) is 58.2 Å². The second-order valence-corrected chi connectivity index (χ2v) is 8.73. The summed E-state index contributed by atoms with van der Waals surface area (Å²) in [4.78, 5) is 25.4. The van der Waals surface area contributed by atoms with E-state index in [1.54, 1.807) is 0 Å². The maximum absolute atomic E-state index is 12.7. The van der Waals surface area contributed by atoms with Gasteiger partial charge in [-0.25, -0.2) is 0 Å². The summed E-state index contributed by atoms with van der Waals surface area (Å²) < 4.78 is 5.93. The zero-order valence-electron chi connectivity index (χ0n) is 18.8. The Hall–Kier alpha value is -0.946. The molecule has 4 nitrogen and oxygen atoms in total. The van der Waals surface area contributed by atoms with Crippen molar-refractivity contribution in [1.82, 2.24) is 7.60 Å². The molecule has 0 unspecified atom stereocenters. The van der Waals surface area contributed by atoms with Crippen LogP contribution in [0.25, 0.3) is 0 Å². The van der Waals surface area contributed by atoms with Crippen molar-refractivity contribution in [2.24, 2.45) is 0 Å². The third kappa shape index (κ3) is 9.60. The van der Waals surface area contributed by atoms with Gasteiger partial charge in [-0.05, 0) is 0 Å². The average molecular weight is 588 g/mol. The van der Waals surface area contributed by atoms with E-state index < -0.39 is 19.7 Å². The van der Waals surface area contributed by atoms with Crippen molar-refractivity contribution in [2.75, 3.05) is 0 Å². The van der Waals surface area contributed by atoms with Gasteiger partial charge in [0, 0.05) is 0 Å². The molecule has 2 N–H and O–H groups in total. The molecule has 0 radical (unpaired) electrons. The molecule has 168 valence electrons. The van der Waals surface area contributed by atoms with Crippen LogP contribution in [0.2, 0.25) is 0 Å². The van der Waals surface area contributed by atoms with Crippen LogP contribution in [0, 0.1) is 13.8 Å². The normalized spacial score (nSPS) is 9.68. The molecule has 2 rings (SSSR count). The second kappa shape index (κ2) is 15.8. The van der Waals surface area contributed by atoms with E-state index in [0.717, 1.165) is 71.9 Å². The number of aryl methyl sites for hydroxylation is 4. The Balaban J connectivity index is 0.00000450. The van der Waals surface area contributed by atoms with Gasteiger partial charge in [0.15, 0.2) is 0 Å². The third-order valence-corrected chi connectivity index (χ3v) is 6.06. The summed E-state index contributed by atoms with van der Waals surface area (Å²) in [5.74, 6) is -0.182. The van der Waals surface area contributed by atoms with E-state index in [1.807, 2.05) is 38.1 Å². The summed E-state index contributed by atoms with van der Waals surface area (Å²) in [6.07, 6.45) is 6.11. The number of amides is 2. The van der Waals surface area contributed by atoms with Crippen molar-refractivity contribution < 1.29 is 63.2 Å². The van der Waals surface area contributed by atoms with Gasteiger partial charge in [0.25, 0.3) is 0 Å². The third-order valence-electron chi connectivity index (χ3n) is 4.96. The van der Waals surface area contributed by atoms with Crippen LogP contribution in [0.4, 0.5) is 0 Å². The van der Waals surface area contributed by atoms with Crippen LogP contribution in [-0.4, -0.2) is 11.8 Å². The van der Waals surface area contributed by atoms with Gasteiger partial charge in [-0.2, -0.15) is 0 Å². The summed E-state index contributed by atoms with van der Waals surface area (Å²) in [5.41, 5.74) is 5.94. The van der Waals surface area contributed by atoms with E-state index in [9.17, 15) is 9.59 Å². The van der Waals surface area contributed by atoms with Gasteiger partial charge in [-0.3, -0.25) is 0 Å². The van der Waals surface area contributed by atoms with Crippen LogP contribution in [0.3, 0.4) is 0 Å². The fourth-order valence-corrected chi connectivity index (χ4v) is 4.19. The molecule has 31 heavy (non-hydrogen) atoms. The molecule has 0 aliphatic heterocycles. The largest absolute Gasteiger partial charge is 1.00 e. The Labute approximate surface area is 217 Å². The molecule has 2 aromatic rings. The van der Waals surface area contributed by atoms with Crippen molar-refractivity contribution in [3.63, 3.8) is 0 Å². The van der Waals surface area contributed by atoms with Gasteiger partial charge in [0.05, 0.1) is 0 Å². The van der Waals surface area contributed by atoms with Crippen molar-refractivity contribution in [1.29, 1.82) is 0 Å². The molecule has 0 fully saturated rings. The zero-order valence-corrected chi connectivity index (χ0v) is 23.5. The fourth-order valence-electron chi connectivity index (χ4n) is 3.32.